The van der Waals surface area contributed by atoms with Gasteiger partial charge in [0.2, 0.25) is 0 Å². The molecule has 1 aromatic heterocycles. The third-order valence-electron chi connectivity index (χ3n) is 3.45. The maximum absolute atomic E-state index is 12.0. The lowest BCUT2D eigenvalue weighted by molar-refractivity contribution is -0.137. The molecule has 1 rings (SSSR count). The minimum atomic E-state index is -0.805. The number of carboxylic acid groups (broad SMARTS) is 1. The molecule has 2 N–H and O–H groups in total. The lowest BCUT2D eigenvalue weighted by Crippen LogP contribution is -2.29. The van der Waals surface area contributed by atoms with E-state index in [1.165, 1.54) is 10.6 Å². The zero-order valence-electron chi connectivity index (χ0n) is 12.4. The number of aliphatic carboxylic acids is 1. The van der Waals surface area contributed by atoms with Crippen LogP contribution in [0, 0.1) is 5.41 Å². The van der Waals surface area contributed by atoms with Crippen LogP contribution in [0.4, 0.5) is 0 Å². The molecule has 1 heterocycles. The summed E-state index contributed by atoms with van der Waals surface area (Å²) in [4.78, 5) is 22.6. The number of carbonyl (C=O) groups is 2. The van der Waals surface area contributed by atoms with Gasteiger partial charge in [-0.3, -0.25) is 9.59 Å². The topological polar surface area (TPSA) is 71.3 Å². The summed E-state index contributed by atoms with van der Waals surface area (Å²) in [7, 11) is 1.67. The van der Waals surface area contributed by atoms with Gasteiger partial charge in [-0.15, -0.1) is 0 Å². The molecule has 0 saturated carbocycles. The SMILES string of the molecule is Cn1c(C(=O)NCCC(C)(C)CCC(=O)O)cc(Cl)c1Cl. The van der Waals surface area contributed by atoms with Crippen molar-refractivity contribution in [3.8, 4) is 0 Å². The Balaban J connectivity index is 2.50. The largest absolute Gasteiger partial charge is 0.481 e. The smallest absolute Gasteiger partial charge is 0.303 e. The van der Waals surface area contributed by atoms with Crippen LogP contribution < -0.4 is 5.32 Å². The number of aromatic nitrogens is 1. The number of hydrogen-bond donors (Lipinski definition) is 2. The highest BCUT2D eigenvalue weighted by Crippen LogP contribution is 2.27. The molecule has 0 radical (unpaired) electrons. The molecule has 0 spiro atoms. The predicted molar refractivity (Wildman–Crippen MR) is 83.0 cm³/mol. The molecule has 0 aromatic carbocycles. The Kier molecular flexibility index (Phi) is 6.10. The highest BCUT2D eigenvalue weighted by atomic mass is 35.5. The zero-order chi connectivity index (χ0) is 16.2. The average Bonchev–Trinajstić information content (AvgIpc) is 2.64. The average molecular weight is 335 g/mol. The second-order valence-corrected chi connectivity index (χ2v) is 6.56. The van der Waals surface area contributed by atoms with E-state index in [1.54, 1.807) is 7.05 Å². The molecule has 21 heavy (non-hydrogen) atoms. The third-order valence-corrected chi connectivity index (χ3v) is 4.29. The minimum Gasteiger partial charge on any atom is -0.481 e. The normalized spacial score (nSPS) is 11.5. The fourth-order valence-electron chi connectivity index (χ4n) is 1.94. The van der Waals surface area contributed by atoms with Crippen molar-refractivity contribution in [3.63, 3.8) is 0 Å². The van der Waals surface area contributed by atoms with Crippen LogP contribution in [0.3, 0.4) is 0 Å². The van der Waals surface area contributed by atoms with E-state index in [2.05, 4.69) is 5.32 Å². The Morgan fingerprint density at radius 3 is 2.43 bits per heavy atom. The molecule has 0 unspecified atom stereocenters. The number of halogens is 2. The lowest BCUT2D eigenvalue weighted by Gasteiger charge is -2.23. The molecule has 1 aromatic rings. The number of carboxylic acids is 1. The highest BCUT2D eigenvalue weighted by molar-refractivity contribution is 6.41. The number of rotatable bonds is 7. The molecule has 0 fully saturated rings. The fraction of sp³-hybridized carbons (Fsp3) is 0.571. The van der Waals surface area contributed by atoms with Crippen LogP contribution in [-0.4, -0.2) is 28.1 Å². The summed E-state index contributed by atoms with van der Waals surface area (Å²) in [5, 5.41) is 12.2. The molecule has 0 saturated heterocycles. The monoisotopic (exact) mass is 334 g/mol. The minimum absolute atomic E-state index is 0.129. The number of nitrogens with zero attached hydrogens (tertiary/aromatic N) is 1. The van der Waals surface area contributed by atoms with Gasteiger partial charge < -0.3 is 15.0 Å². The number of carbonyl (C=O) groups excluding carboxylic acids is 1. The van der Waals surface area contributed by atoms with Crippen molar-refractivity contribution in [2.45, 2.75) is 33.1 Å². The standard InChI is InChI=1S/C14H20Cl2N2O3/c1-14(2,5-4-11(19)20)6-7-17-13(21)10-8-9(15)12(16)18(10)3/h8H,4-7H2,1-3H3,(H,17,21)(H,19,20). The summed E-state index contributed by atoms with van der Waals surface area (Å²) >= 11 is 11.8. The van der Waals surface area contributed by atoms with Crippen LogP contribution >= 0.6 is 23.2 Å². The van der Waals surface area contributed by atoms with Gasteiger partial charge >= 0.3 is 5.97 Å². The number of amides is 1. The van der Waals surface area contributed by atoms with Gasteiger partial charge in [-0.05, 0) is 24.3 Å². The molecule has 118 valence electrons. The summed E-state index contributed by atoms with van der Waals surface area (Å²) in [5.41, 5.74) is 0.253. The Bertz CT molecular complexity index is 539. The second-order valence-electron chi connectivity index (χ2n) is 5.79. The van der Waals surface area contributed by atoms with Crippen LogP contribution in [0.2, 0.25) is 10.2 Å². The molecule has 0 aliphatic heterocycles. The first-order valence-electron chi connectivity index (χ1n) is 6.65. The van der Waals surface area contributed by atoms with Crippen molar-refractivity contribution in [1.82, 2.24) is 9.88 Å². The first-order valence-corrected chi connectivity index (χ1v) is 7.40. The Hall–Kier alpha value is -1.20. The van der Waals surface area contributed by atoms with Crippen LogP contribution in [0.15, 0.2) is 6.07 Å². The van der Waals surface area contributed by atoms with Gasteiger partial charge in [0.05, 0.1) is 5.02 Å². The van der Waals surface area contributed by atoms with Gasteiger partial charge in [-0.25, -0.2) is 0 Å². The van der Waals surface area contributed by atoms with Crippen LogP contribution in [0.5, 0.6) is 0 Å². The van der Waals surface area contributed by atoms with E-state index >= 15 is 0 Å². The van der Waals surface area contributed by atoms with Gasteiger partial charge in [0, 0.05) is 20.0 Å². The summed E-state index contributed by atoms with van der Waals surface area (Å²) in [6.07, 6.45) is 1.39. The molecular weight excluding hydrogens is 315 g/mol. The van der Waals surface area contributed by atoms with Crippen molar-refractivity contribution < 1.29 is 14.7 Å². The van der Waals surface area contributed by atoms with Crippen molar-refractivity contribution >= 4 is 35.1 Å². The molecule has 5 nitrogen and oxygen atoms in total. The molecule has 1 amide bonds. The van der Waals surface area contributed by atoms with E-state index in [0.29, 0.717) is 35.3 Å². The van der Waals surface area contributed by atoms with E-state index in [-0.39, 0.29) is 17.7 Å². The lowest BCUT2D eigenvalue weighted by atomic mass is 9.84. The molecular formula is C14H20Cl2N2O3. The molecule has 7 heteroatoms. The summed E-state index contributed by atoms with van der Waals surface area (Å²) in [6.45, 7) is 4.43. The summed E-state index contributed by atoms with van der Waals surface area (Å²) < 4.78 is 1.52. The van der Waals surface area contributed by atoms with Crippen molar-refractivity contribution in [3.05, 3.63) is 21.9 Å². The van der Waals surface area contributed by atoms with E-state index in [0.717, 1.165) is 0 Å². The number of nitrogens with one attached hydrogen (secondary N) is 1. The first-order chi connectivity index (χ1) is 9.64. The zero-order valence-corrected chi connectivity index (χ0v) is 13.9. The Morgan fingerprint density at radius 1 is 1.33 bits per heavy atom. The summed E-state index contributed by atoms with van der Waals surface area (Å²) in [5.74, 6) is -1.06. The van der Waals surface area contributed by atoms with E-state index in [9.17, 15) is 9.59 Å². The maximum atomic E-state index is 12.0. The molecule has 0 aliphatic carbocycles. The van der Waals surface area contributed by atoms with Gasteiger partial charge in [0.25, 0.3) is 5.91 Å². The van der Waals surface area contributed by atoms with E-state index in [4.69, 9.17) is 28.3 Å². The Morgan fingerprint density at radius 2 is 1.95 bits per heavy atom. The van der Waals surface area contributed by atoms with Crippen molar-refractivity contribution in [1.29, 1.82) is 0 Å². The highest BCUT2D eigenvalue weighted by Gasteiger charge is 2.20. The molecule has 0 aliphatic rings. The van der Waals surface area contributed by atoms with E-state index < -0.39 is 5.97 Å². The predicted octanol–water partition coefficient (Wildman–Crippen LogP) is 3.34. The van der Waals surface area contributed by atoms with Gasteiger partial charge in [-0.2, -0.15) is 0 Å². The molecule has 0 atom stereocenters. The summed E-state index contributed by atoms with van der Waals surface area (Å²) in [6, 6.07) is 1.52. The van der Waals surface area contributed by atoms with Crippen LogP contribution in [0.1, 0.15) is 43.6 Å². The van der Waals surface area contributed by atoms with Crippen molar-refractivity contribution in [2.75, 3.05) is 6.54 Å². The van der Waals surface area contributed by atoms with Crippen molar-refractivity contribution in [2.24, 2.45) is 12.5 Å². The molecule has 0 bridgehead atoms. The van der Waals surface area contributed by atoms with Crippen LogP contribution in [0.25, 0.3) is 0 Å². The Labute approximate surface area is 134 Å². The third kappa shape index (κ3) is 5.25. The number of hydrogen-bond acceptors (Lipinski definition) is 2. The first kappa shape index (κ1) is 17.9. The fourth-order valence-corrected chi connectivity index (χ4v) is 2.31. The van der Waals surface area contributed by atoms with Gasteiger partial charge in [-0.1, -0.05) is 37.0 Å². The van der Waals surface area contributed by atoms with Gasteiger partial charge in [0.15, 0.2) is 0 Å². The second kappa shape index (κ2) is 7.18. The van der Waals surface area contributed by atoms with E-state index in [1.807, 2.05) is 13.8 Å². The quantitative estimate of drug-likeness (QED) is 0.803. The van der Waals surface area contributed by atoms with Gasteiger partial charge in [0.1, 0.15) is 10.8 Å². The maximum Gasteiger partial charge on any atom is 0.303 e. The van der Waals surface area contributed by atoms with Crippen LogP contribution in [-0.2, 0) is 11.8 Å².